The normalized spacial score (nSPS) is 22.4. The van der Waals surface area contributed by atoms with E-state index in [1.54, 1.807) is 0 Å². The SMILES string of the molecule is CC(C)(C)OC(=O)N1CC2CC(C1)C2Cc1ccc(NC(=O)OCc2cnco2)cc1. The van der Waals surface area contributed by atoms with Gasteiger partial charge in [-0.1, -0.05) is 12.1 Å². The van der Waals surface area contributed by atoms with Gasteiger partial charge >= 0.3 is 12.2 Å². The van der Waals surface area contributed by atoms with Crippen molar-refractivity contribution in [3.63, 3.8) is 0 Å². The van der Waals surface area contributed by atoms with Crippen LogP contribution in [0.25, 0.3) is 0 Å². The van der Waals surface area contributed by atoms with E-state index >= 15 is 0 Å². The third-order valence-corrected chi connectivity index (χ3v) is 5.88. The number of amides is 2. The first-order valence-electron chi connectivity index (χ1n) is 10.6. The van der Waals surface area contributed by atoms with Crippen LogP contribution in [0.3, 0.4) is 0 Å². The monoisotopic (exact) mass is 427 g/mol. The summed E-state index contributed by atoms with van der Waals surface area (Å²) in [4.78, 5) is 29.9. The van der Waals surface area contributed by atoms with Crippen LogP contribution >= 0.6 is 0 Å². The molecule has 3 aliphatic rings. The highest BCUT2D eigenvalue weighted by molar-refractivity contribution is 5.84. The smallest absolute Gasteiger partial charge is 0.412 e. The lowest BCUT2D eigenvalue weighted by molar-refractivity contribution is -0.0538. The highest BCUT2D eigenvalue weighted by Crippen LogP contribution is 2.47. The Labute approximate surface area is 181 Å². The molecule has 1 saturated carbocycles. The molecule has 1 aromatic heterocycles. The van der Waals surface area contributed by atoms with Gasteiger partial charge in [0.05, 0.1) is 6.20 Å². The third-order valence-electron chi connectivity index (χ3n) is 5.88. The largest absolute Gasteiger partial charge is 0.445 e. The first-order chi connectivity index (χ1) is 14.8. The summed E-state index contributed by atoms with van der Waals surface area (Å²) in [5.41, 5.74) is 1.44. The number of nitrogens with zero attached hydrogens (tertiary/aromatic N) is 2. The Kier molecular flexibility index (Phi) is 5.89. The zero-order valence-corrected chi connectivity index (χ0v) is 18.2. The molecule has 2 atom stereocenters. The zero-order chi connectivity index (χ0) is 22.0. The number of oxazole rings is 1. The predicted octanol–water partition coefficient (Wildman–Crippen LogP) is 4.47. The van der Waals surface area contributed by atoms with Gasteiger partial charge in [0.2, 0.25) is 0 Å². The van der Waals surface area contributed by atoms with Gasteiger partial charge in [0, 0.05) is 18.8 Å². The lowest BCUT2D eigenvalue weighted by Gasteiger charge is -2.53. The molecule has 166 valence electrons. The molecule has 2 unspecified atom stereocenters. The molecule has 2 aromatic rings. The fourth-order valence-corrected chi connectivity index (χ4v) is 4.40. The van der Waals surface area contributed by atoms with Gasteiger partial charge in [0.25, 0.3) is 0 Å². The fraction of sp³-hybridized carbons (Fsp3) is 0.522. The summed E-state index contributed by atoms with van der Waals surface area (Å²) in [6.07, 6.45) is 4.21. The molecular formula is C23H29N3O5. The molecule has 8 heteroatoms. The van der Waals surface area contributed by atoms with Crippen LogP contribution in [-0.2, 0) is 22.5 Å². The van der Waals surface area contributed by atoms with Crippen molar-refractivity contribution in [2.75, 3.05) is 18.4 Å². The van der Waals surface area contributed by atoms with Crippen molar-refractivity contribution in [3.05, 3.63) is 48.2 Å². The van der Waals surface area contributed by atoms with Crippen molar-refractivity contribution >= 4 is 17.9 Å². The summed E-state index contributed by atoms with van der Waals surface area (Å²) >= 11 is 0. The van der Waals surface area contributed by atoms with Crippen LogP contribution in [-0.4, -0.2) is 40.8 Å². The lowest BCUT2D eigenvalue weighted by Crippen LogP contribution is -2.57. The summed E-state index contributed by atoms with van der Waals surface area (Å²) < 4.78 is 15.6. The Morgan fingerprint density at radius 1 is 1.19 bits per heavy atom. The summed E-state index contributed by atoms with van der Waals surface area (Å²) in [5.74, 6) is 2.12. The quantitative estimate of drug-likeness (QED) is 0.757. The second-order valence-corrected chi connectivity index (χ2v) is 9.37. The molecule has 3 heterocycles. The predicted molar refractivity (Wildman–Crippen MR) is 113 cm³/mol. The van der Waals surface area contributed by atoms with Gasteiger partial charge in [-0.15, -0.1) is 0 Å². The van der Waals surface area contributed by atoms with Crippen LogP contribution in [0.5, 0.6) is 0 Å². The number of rotatable bonds is 5. The summed E-state index contributed by atoms with van der Waals surface area (Å²) in [5, 5.41) is 2.71. The number of fused-ring (bicyclic) bond motifs is 2. The molecule has 2 saturated heterocycles. The van der Waals surface area contributed by atoms with Gasteiger partial charge in [-0.25, -0.2) is 14.6 Å². The minimum absolute atomic E-state index is 0.0364. The standard InChI is InChI=1S/C23H29N3O5/c1-23(2,3)31-22(28)26-11-16-9-17(12-26)20(16)8-15-4-6-18(7-5-15)25-21(27)29-13-19-10-24-14-30-19/h4-7,10,14,16-17,20H,8-9,11-13H2,1-3H3,(H,25,27). The molecule has 1 N–H and O–H groups in total. The second kappa shape index (κ2) is 8.61. The van der Waals surface area contributed by atoms with Crippen molar-refractivity contribution in [1.29, 1.82) is 0 Å². The van der Waals surface area contributed by atoms with E-state index in [0.29, 0.717) is 29.2 Å². The second-order valence-electron chi connectivity index (χ2n) is 9.37. The molecule has 8 nitrogen and oxygen atoms in total. The van der Waals surface area contributed by atoms with Gasteiger partial charge in [0.1, 0.15) is 5.60 Å². The first-order valence-corrected chi connectivity index (χ1v) is 10.6. The maximum Gasteiger partial charge on any atom is 0.412 e. The van der Waals surface area contributed by atoms with E-state index in [-0.39, 0.29) is 12.7 Å². The number of benzene rings is 1. The van der Waals surface area contributed by atoms with Crippen molar-refractivity contribution in [3.8, 4) is 0 Å². The van der Waals surface area contributed by atoms with Crippen LogP contribution < -0.4 is 5.32 Å². The van der Waals surface area contributed by atoms with Gasteiger partial charge < -0.3 is 18.8 Å². The van der Waals surface area contributed by atoms with E-state index in [1.807, 2.05) is 49.9 Å². The van der Waals surface area contributed by atoms with Crippen molar-refractivity contribution in [2.24, 2.45) is 17.8 Å². The minimum Gasteiger partial charge on any atom is -0.445 e. The number of hydrogen-bond donors (Lipinski definition) is 1. The average Bonchev–Trinajstić information content (AvgIpc) is 3.24. The molecule has 2 aliphatic heterocycles. The molecule has 2 amide bonds. The van der Waals surface area contributed by atoms with Crippen LogP contribution in [0.1, 0.15) is 38.5 Å². The van der Waals surface area contributed by atoms with E-state index in [4.69, 9.17) is 13.9 Å². The summed E-state index contributed by atoms with van der Waals surface area (Å²) in [6, 6.07) is 7.83. The number of aromatic nitrogens is 1. The van der Waals surface area contributed by atoms with E-state index < -0.39 is 11.7 Å². The fourth-order valence-electron chi connectivity index (χ4n) is 4.40. The summed E-state index contributed by atoms with van der Waals surface area (Å²) in [7, 11) is 0. The number of nitrogens with one attached hydrogen (secondary N) is 1. The molecule has 5 rings (SSSR count). The van der Waals surface area contributed by atoms with Crippen LogP contribution in [0.15, 0.2) is 41.3 Å². The van der Waals surface area contributed by atoms with Gasteiger partial charge in [-0.3, -0.25) is 5.32 Å². The number of anilines is 1. The molecule has 0 radical (unpaired) electrons. The maximum atomic E-state index is 12.3. The number of ether oxygens (including phenoxy) is 2. The molecular weight excluding hydrogens is 398 g/mol. The molecule has 3 fully saturated rings. The Balaban J connectivity index is 1.24. The lowest BCUT2D eigenvalue weighted by atomic mass is 9.60. The number of piperidine rings is 2. The van der Waals surface area contributed by atoms with Crippen LogP contribution in [0.2, 0.25) is 0 Å². The van der Waals surface area contributed by atoms with Crippen LogP contribution in [0.4, 0.5) is 15.3 Å². The Bertz CT molecular complexity index is 892. The minimum atomic E-state index is -0.542. The Morgan fingerprint density at radius 3 is 2.52 bits per heavy atom. The molecule has 2 bridgehead atoms. The Morgan fingerprint density at radius 2 is 1.90 bits per heavy atom. The molecule has 31 heavy (non-hydrogen) atoms. The topological polar surface area (TPSA) is 93.9 Å². The highest BCUT2D eigenvalue weighted by Gasteiger charge is 2.48. The van der Waals surface area contributed by atoms with Crippen LogP contribution in [0, 0.1) is 17.8 Å². The number of carbonyl (C=O) groups is 2. The van der Waals surface area contributed by atoms with Gasteiger partial charge in [-0.2, -0.15) is 0 Å². The van der Waals surface area contributed by atoms with Crippen molar-refractivity contribution in [1.82, 2.24) is 9.88 Å². The maximum absolute atomic E-state index is 12.3. The average molecular weight is 428 g/mol. The van der Waals surface area contributed by atoms with Crippen molar-refractivity contribution < 1.29 is 23.5 Å². The molecule has 1 aliphatic carbocycles. The van der Waals surface area contributed by atoms with Crippen molar-refractivity contribution in [2.45, 2.75) is 45.8 Å². The Hall–Kier alpha value is -3.03. The van der Waals surface area contributed by atoms with E-state index in [2.05, 4.69) is 10.3 Å². The molecule has 1 aromatic carbocycles. The van der Waals surface area contributed by atoms with E-state index in [0.717, 1.165) is 19.5 Å². The highest BCUT2D eigenvalue weighted by atomic mass is 16.6. The van der Waals surface area contributed by atoms with E-state index in [9.17, 15) is 9.59 Å². The first kappa shape index (κ1) is 21.2. The number of hydrogen-bond acceptors (Lipinski definition) is 6. The molecule has 0 spiro atoms. The van der Waals surface area contributed by atoms with Gasteiger partial charge in [0.15, 0.2) is 18.8 Å². The van der Waals surface area contributed by atoms with E-state index in [1.165, 1.54) is 24.6 Å². The number of carbonyl (C=O) groups excluding carboxylic acids is 2. The zero-order valence-electron chi connectivity index (χ0n) is 18.2. The third kappa shape index (κ3) is 5.37. The summed E-state index contributed by atoms with van der Waals surface area (Å²) in [6.45, 7) is 7.27. The van der Waals surface area contributed by atoms with Gasteiger partial charge in [-0.05, 0) is 69.1 Å².